The second-order valence-corrected chi connectivity index (χ2v) is 5.94. The lowest BCUT2D eigenvalue weighted by atomic mass is 10.2. The van der Waals surface area contributed by atoms with Gasteiger partial charge in [0.2, 0.25) is 10.0 Å². The molecule has 2 unspecified atom stereocenters. The van der Waals surface area contributed by atoms with E-state index >= 15 is 0 Å². The van der Waals surface area contributed by atoms with E-state index in [4.69, 9.17) is 15.2 Å². The molecule has 0 spiro atoms. The normalized spacial score (nSPS) is 24.9. The van der Waals surface area contributed by atoms with Gasteiger partial charge in [0.15, 0.2) is 0 Å². The molecule has 0 saturated carbocycles. The van der Waals surface area contributed by atoms with Crippen molar-refractivity contribution in [3.05, 3.63) is 24.3 Å². The Morgan fingerprint density at radius 3 is 2.53 bits per heavy atom. The summed E-state index contributed by atoms with van der Waals surface area (Å²) in [6, 6.07) is 5.05. The Balaban J connectivity index is 2.13. The first-order chi connectivity index (χ1) is 8.99. The van der Waals surface area contributed by atoms with Crippen LogP contribution in [0.3, 0.4) is 0 Å². The lowest BCUT2D eigenvalue weighted by Gasteiger charge is -2.20. The van der Waals surface area contributed by atoms with Crippen LogP contribution in [0.5, 0.6) is 0 Å². The van der Waals surface area contributed by atoms with Crippen LogP contribution in [0, 0.1) is 0 Å². The predicted octanol–water partition coefficient (Wildman–Crippen LogP) is -0.719. The maximum Gasteiger partial charge on any atom is 0.240 e. The summed E-state index contributed by atoms with van der Waals surface area (Å²) in [7, 11) is -3.73. The highest BCUT2D eigenvalue weighted by Gasteiger charge is 2.28. The van der Waals surface area contributed by atoms with Gasteiger partial charge in [0.25, 0.3) is 0 Å². The third-order valence-corrected chi connectivity index (χ3v) is 4.22. The average Bonchev–Trinajstić information content (AvgIpc) is 2.55. The van der Waals surface area contributed by atoms with Gasteiger partial charge in [-0.1, -0.05) is 0 Å². The van der Waals surface area contributed by atoms with Crippen molar-refractivity contribution in [1.82, 2.24) is 4.72 Å². The number of aliphatic hydroxyl groups excluding tert-OH is 1. The molecule has 0 bridgehead atoms. The fourth-order valence-electron chi connectivity index (χ4n) is 1.66. The summed E-state index contributed by atoms with van der Waals surface area (Å²) in [4.78, 5) is 0.0825. The number of benzene rings is 1. The Hall–Kier alpha value is -1.19. The van der Waals surface area contributed by atoms with Crippen LogP contribution >= 0.6 is 0 Å². The lowest BCUT2D eigenvalue weighted by Crippen LogP contribution is -2.46. The molecule has 1 heterocycles. The van der Waals surface area contributed by atoms with E-state index in [0.29, 0.717) is 5.69 Å². The van der Waals surface area contributed by atoms with E-state index in [1.807, 2.05) is 0 Å². The molecule has 1 saturated heterocycles. The summed E-state index contributed by atoms with van der Waals surface area (Å²) >= 11 is 0. The van der Waals surface area contributed by atoms with Crippen LogP contribution in [0.4, 0.5) is 5.69 Å². The zero-order valence-electron chi connectivity index (χ0n) is 10.2. The van der Waals surface area contributed by atoms with Gasteiger partial charge >= 0.3 is 0 Å². The topological polar surface area (TPSA) is 111 Å². The van der Waals surface area contributed by atoms with Gasteiger partial charge in [0, 0.05) is 5.69 Å². The molecule has 19 heavy (non-hydrogen) atoms. The van der Waals surface area contributed by atoms with Gasteiger partial charge in [0.05, 0.1) is 30.3 Å². The fraction of sp³-hybridized carbons (Fsp3) is 0.455. The molecular formula is C11H16N2O5S. The molecule has 1 aliphatic rings. The molecule has 0 radical (unpaired) electrons. The van der Waals surface area contributed by atoms with Gasteiger partial charge < -0.3 is 20.3 Å². The average molecular weight is 288 g/mol. The van der Waals surface area contributed by atoms with Crippen molar-refractivity contribution in [2.24, 2.45) is 0 Å². The molecule has 7 nitrogen and oxygen atoms in total. The summed E-state index contributed by atoms with van der Waals surface area (Å²) in [5.74, 6) is 0. The SMILES string of the molecule is Nc1ccc(S(=O)(=O)NC2COCOCC2O)cc1. The zero-order valence-corrected chi connectivity index (χ0v) is 11.0. The van der Waals surface area contributed by atoms with Gasteiger partial charge in [-0.15, -0.1) is 0 Å². The van der Waals surface area contributed by atoms with E-state index in [-0.39, 0.29) is 24.9 Å². The number of aliphatic hydroxyl groups is 1. The molecule has 2 atom stereocenters. The first-order valence-corrected chi connectivity index (χ1v) is 7.19. The predicted molar refractivity (Wildman–Crippen MR) is 67.7 cm³/mol. The highest BCUT2D eigenvalue weighted by atomic mass is 32.2. The molecule has 1 aromatic rings. The first kappa shape index (κ1) is 14.2. The van der Waals surface area contributed by atoms with Crippen LogP contribution in [0.1, 0.15) is 0 Å². The van der Waals surface area contributed by atoms with Crippen LogP contribution in [0.25, 0.3) is 0 Å². The van der Waals surface area contributed by atoms with E-state index in [1.54, 1.807) is 0 Å². The number of hydrogen-bond donors (Lipinski definition) is 3. The maximum absolute atomic E-state index is 12.1. The third-order valence-electron chi connectivity index (χ3n) is 2.71. The molecule has 2 rings (SSSR count). The van der Waals surface area contributed by atoms with Crippen molar-refractivity contribution in [3.63, 3.8) is 0 Å². The minimum absolute atomic E-state index is 0.0227. The molecule has 1 aliphatic heterocycles. The Kier molecular flexibility index (Phi) is 4.38. The summed E-state index contributed by atoms with van der Waals surface area (Å²) < 4.78 is 36.6. The van der Waals surface area contributed by atoms with Crippen molar-refractivity contribution in [1.29, 1.82) is 0 Å². The van der Waals surface area contributed by atoms with Gasteiger partial charge in [-0.2, -0.15) is 0 Å². The highest BCUT2D eigenvalue weighted by Crippen LogP contribution is 2.13. The fourth-order valence-corrected chi connectivity index (χ4v) is 2.91. The van der Waals surface area contributed by atoms with E-state index in [1.165, 1.54) is 24.3 Å². The number of sulfonamides is 1. The van der Waals surface area contributed by atoms with Crippen molar-refractivity contribution < 1.29 is 23.0 Å². The summed E-state index contributed by atoms with van der Waals surface area (Å²) in [5, 5.41) is 9.75. The second kappa shape index (κ2) is 5.85. The molecule has 106 valence electrons. The van der Waals surface area contributed by atoms with Crippen molar-refractivity contribution in [3.8, 4) is 0 Å². The smallest absolute Gasteiger partial charge is 0.240 e. The Morgan fingerprint density at radius 2 is 1.84 bits per heavy atom. The Morgan fingerprint density at radius 1 is 1.21 bits per heavy atom. The molecule has 1 fully saturated rings. The number of nitrogens with two attached hydrogens (primary N) is 1. The first-order valence-electron chi connectivity index (χ1n) is 5.70. The molecule has 0 amide bonds. The summed E-state index contributed by atoms with van der Waals surface area (Å²) in [6.45, 7) is 0.113. The summed E-state index contributed by atoms with van der Waals surface area (Å²) in [6.07, 6.45) is -0.953. The summed E-state index contributed by atoms with van der Waals surface area (Å²) in [5.41, 5.74) is 5.98. The highest BCUT2D eigenvalue weighted by molar-refractivity contribution is 7.89. The molecule has 8 heteroatoms. The van der Waals surface area contributed by atoms with Crippen LogP contribution in [-0.2, 0) is 19.5 Å². The lowest BCUT2D eigenvalue weighted by molar-refractivity contribution is -0.0421. The van der Waals surface area contributed by atoms with E-state index < -0.39 is 22.2 Å². The number of ether oxygens (including phenoxy) is 2. The number of nitrogens with one attached hydrogen (secondary N) is 1. The van der Waals surface area contributed by atoms with Crippen molar-refractivity contribution >= 4 is 15.7 Å². The van der Waals surface area contributed by atoms with E-state index in [9.17, 15) is 13.5 Å². The van der Waals surface area contributed by atoms with Crippen LogP contribution < -0.4 is 10.5 Å². The van der Waals surface area contributed by atoms with Crippen LogP contribution in [0.15, 0.2) is 29.2 Å². The Bertz CT molecular complexity index is 516. The number of hydrogen-bond acceptors (Lipinski definition) is 6. The van der Waals surface area contributed by atoms with Gasteiger partial charge in [-0.3, -0.25) is 0 Å². The van der Waals surface area contributed by atoms with Crippen molar-refractivity contribution in [2.45, 2.75) is 17.0 Å². The van der Waals surface area contributed by atoms with Gasteiger partial charge in [-0.05, 0) is 24.3 Å². The standard InChI is InChI=1S/C11H16N2O5S/c12-8-1-3-9(4-2-8)19(15,16)13-10-5-17-7-18-6-11(10)14/h1-4,10-11,13-14H,5-7,12H2. The molecular weight excluding hydrogens is 272 g/mol. The minimum Gasteiger partial charge on any atom is -0.399 e. The molecule has 0 aliphatic carbocycles. The third kappa shape index (κ3) is 3.64. The monoisotopic (exact) mass is 288 g/mol. The molecule has 0 aromatic heterocycles. The number of nitrogen functional groups attached to an aromatic ring is 1. The Labute approximate surface area is 111 Å². The number of anilines is 1. The van der Waals surface area contributed by atoms with Gasteiger partial charge in [0.1, 0.15) is 6.79 Å². The quantitative estimate of drug-likeness (QED) is 0.633. The van der Waals surface area contributed by atoms with Crippen LogP contribution in [-0.4, -0.2) is 45.7 Å². The largest absolute Gasteiger partial charge is 0.399 e. The van der Waals surface area contributed by atoms with E-state index in [0.717, 1.165) is 0 Å². The molecule has 4 N–H and O–H groups in total. The number of rotatable bonds is 3. The maximum atomic E-state index is 12.1. The van der Waals surface area contributed by atoms with E-state index in [2.05, 4.69) is 4.72 Å². The second-order valence-electron chi connectivity index (χ2n) is 4.22. The van der Waals surface area contributed by atoms with Gasteiger partial charge in [-0.25, -0.2) is 13.1 Å². The van der Waals surface area contributed by atoms with Crippen LogP contribution in [0.2, 0.25) is 0 Å². The minimum atomic E-state index is -3.73. The van der Waals surface area contributed by atoms with Crippen molar-refractivity contribution in [2.75, 3.05) is 25.7 Å². The zero-order chi connectivity index (χ0) is 13.9. The molecule has 1 aromatic carbocycles.